The second-order valence-corrected chi connectivity index (χ2v) is 9.27. The number of hydrogen-bond acceptors (Lipinski definition) is 6. The maximum absolute atomic E-state index is 12.9. The number of amides is 1. The number of aryl methyl sites for hydroxylation is 1. The van der Waals surface area contributed by atoms with Crippen molar-refractivity contribution in [3.8, 4) is 0 Å². The van der Waals surface area contributed by atoms with Crippen molar-refractivity contribution in [2.45, 2.75) is 65.4 Å². The van der Waals surface area contributed by atoms with Crippen LogP contribution in [-0.2, 0) is 31.9 Å². The zero-order valence-corrected chi connectivity index (χ0v) is 17.2. The number of thiophene rings is 1. The van der Waals surface area contributed by atoms with E-state index in [1.54, 1.807) is 6.92 Å². The smallest absolute Gasteiger partial charge is 0.341 e. The quantitative estimate of drug-likeness (QED) is 0.771. The highest BCUT2D eigenvalue weighted by Crippen LogP contribution is 2.42. The Labute approximate surface area is 163 Å². The molecule has 0 saturated heterocycles. The molecule has 1 heterocycles. The molecule has 1 N–H and O–H groups in total. The average molecular weight is 394 g/mol. The van der Waals surface area contributed by atoms with Crippen LogP contribution in [0.3, 0.4) is 0 Å². The van der Waals surface area contributed by atoms with Crippen molar-refractivity contribution in [1.82, 2.24) is 0 Å². The van der Waals surface area contributed by atoms with E-state index >= 15 is 0 Å². The van der Waals surface area contributed by atoms with E-state index in [0.29, 0.717) is 36.4 Å². The maximum atomic E-state index is 12.9. The molecule has 148 valence electrons. The number of hydrogen-bond donors (Lipinski definition) is 1. The molecule has 27 heavy (non-hydrogen) atoms. The van der Waals surface area contributed by atoms with Gasteiger partial charge in [0.15, 0.2) is 0 Å². The van der Waals surface area contributed by atoms with Crippen LogP contribution in [0.25, 0.3) is 0 Å². The third kappa shape index (κ3) is 4.69. The molecule has 1 aromatic heterocycles. The van der Waals surface area contributed by atoms with Crippen molar-refractivity contribution < 1.29 is 23.9 Å². The van der Waals surface area contributed by atoms with Crippen LogP contribution in [0.5, 0.6) is 0 Å². The predicted octanol–water partition coefficient (Wildman–Crippen LogP) is 3.72. The van der Waals surface area contributed by atoms with Crippen LogP contribution in [0.1, 0.15) is 67.8 Å². The van der Waals surface area contributed by atoms with Crippen molar-refractivity contribution in [3.63, 3.8) is 0 Å². The lowest BCUT2D eigenvalue weighted by molar-refractivity contribution is -0.148. The highest BCUT2D eigenvalue weighted by atomic mass is 32.1. The average Bonchev–Trinajstić information content (AvgIpc) is 3.34. The van der Waals surface area contributed by atoms with E-state index < -0.39 is 11.6 Å². The van der Waals surface area contributed by atoms with Crippen LogP contribution in [0.4, 0.5) is 5.00 Å². The Kier molecular flexibility index (Phi) is 5.60. The molecule has 0 aliphatic heterocycles. The molecule has 0 unspecified atom stereocenters. The molecule has 1 atom stereocenters. The molecular formula is C20H27NO5S. The normalized spacial score (nSPS) is 19.2. The van der Waals surface area contributed by atoms with E-state index in [1.165, 1.54) is 11.3 Å². The molecule has 1 saturated carbocycles. The first-order valence-electron chi connectivity index (χ1n) is 9.55. The van der Waals surface area contributed by atoms with E-state index in [1.807, 2.05) is 20.8 Å². The Morgan fingerprint density at radius 3 is 2.44 bits per heavy atom. The first-order chi connectivity index (χ1) is 12.7. The minimum Gasteiger partial charge on any atom is -0.466 e. The van der Waals surface area contributed by atoms with E-state index in [0.717, 1.165) is 23.3 Å². The van der Waals surface area contributed by atoms with Crippen molar-refractivity contribution in [3.05, 3.63) is 16.0 Å². The molecular weight excluding hydrogens is 366 g/mol. The Morgan fingerprint density at radius 1 is 1.15 bits per heavy atom. The van der Waals surface area contributed by atoms with Crippen molar-refractivity contribution in [2.75, 3.05) is 11.9 Å². The van der Waals surface area contributed by atoms with Gasteiger partial charge in [0.25, 0.3) is 0 Å². The van der Waals surface area contributed by atoms with Gasteiger partial charge in [-0.3, -0.25) is 9.59 Å². The van der Waals surface area contributed by atoms with Crippen molar-refractivity contribution in [1.29, 1.82) is 0 Å². The number of nitrogens with one attached hydrogen (secondary N) is 1. The van der Waals surface area contributed by atoms with Gasteiger partial charge in [0.2, 0.25) is 5.91 Å². The maximum Gasteiger partial charge on any atom is 0.341 e. The second kappa shape index (κ2) is 7.62. The van der Waals surface area contributed by atoms with Crippen LogP contribution in [0.15, 0.2) is 0 Å². The van der Waals surface area contributed by atoms with Gasteiger partial charge in [-0.1, -0.05) is 0 Å². The summed E-state index contributed by atoms with van der Waals surface area (Å²) in [5.41, 5.74) is 0.594. The molecule has 2 aliphatic carbocycles. The van der Waals surface area contributed by atoms with Gasteiger partial charge >= 0.3 is 11.9 Å². The molecule has 3 rings (SSSR count). The topological polar surface area (TPSA) is 81.7 Å². The number of ether oxygens (including phenoxy) is 2. The Hall–Kier alpha value is -1.89. The zero-order chi connectivity index (χ0) is 19.8. The Balaban J connectivity index is 1.91. The van der Waals surface area contributed by atoms with Gasteiger partial charge in [-0.2, -0.15) is 0 Å². The summed E-state index contributed by atoms with van der Waals surface area (Å²) in [5.74, 6) is -0.938. The van der Waals surface area contributed by atoms with Gasteiger partial charge in [0, 0.05) is 10.8 Å². The molecule has 0 spiro atoms. The molecule has 1 aromatic rings. The lowest BCUT2D eigenvalue weighted by Gasteiger charge is -2.23. The summed E-state index contributed by atoms with van der Waals surface area (Å²) < 4.78 is 10.8. The predicted molar refractivity (Wildman–Crippen MR) is 103 cm³/mol. The van der Waals surface area contributed by atoms with Crippen LogP contribution in [-0.4, -0.2) is 30.1 Å². The number of anilines is 1. The third-order valence-corrected chi connectivity index (χ3v) is 5.88. The third-order valence-electron chi connectivity index (χ3n) is 4.67. The fraction of sp³-hybridized carbons (Fsp3) is 0.650. The van der Waals surface area contributed by atoms with Gasteiger partial charge < -0.3 is 14.8 Å². The monoisotopic (exact) mass is 393 g/mol. The Morgan fingerprint density at radius 2 is 1.85 bits per heavy atom. The van der Waals surface area contributed by atoms with E-state index in [9.17, 15) is 14.4 Å². The molecule has 0 bridgehead atoms. The van der Waals surface area contributed by atoms with Crippen LogP contribution < -0.4 is 5.32 Å². The first-order valence-corrected chi connectivity index (χ1v) is 10.4. The first kappa shape index (κ1) is 19.9. The minimum atomic E-state index is -0.640. The molecule has 0 aromatic carbocycles. The van der Waals surface area contributed by atoms with Gasteiger partial charge in [0.05, 0.1) is 18.1 Å². The molecule has 6 nitrogen and oxygen atoms in total. The summed E-state index contributed by atoms with van der Waals surface area (Å²) in [6, 6.07) is 0. The number of esters is 2. The van der Waals surface area contributed by atoms with Crippen LogP contribution >= 0.6 is 11.3 Å². The fourth-order valence-corrected chi connectivity index (χ4v) is 4.47. The second-order valence-electron chi connectivity index (χ2n) is 8.17. The minimum absolute atomic E-state index is 0.0413. The fourth-order valence-electron chi connectivity index (χ4n) is 3.24. The number of carbonyl (C=O) groups is 3. The lowest BCUT2D eigenvalue weighted by atomic mass is 9.86. The largest absolute Gasteiger partial charge is 0.466 e. The summed E-state index contributed by atoms with van der Waals surface area (Å²) in [4.78, 5) is 38.4. The van der Waals surface area contributed by atoms with E-state index in [2.05, 4.69) is 5.32 Å². The van der Waals surface area contributed by atoms with Crippen molar-refractivity contribution >= 4 is 34.2 Å². The van der Waals surface area contributed by atoms with Crippen LogP contribution in [0.2, 0.25) is 0 Å². The summed E-state index contributed by atoms with van der Waals surface area (Å²) in [6.07, 6.45) is 3.61. The zero-order valence-electron chi connectivity index (χ0n) is 16.3. The molecule has 2 aliphatic rings. The van der Waals surface area contributed by atoms with E-state index in [-0.39, 0.29) is 23.7 Å². The van der Waals surface area contributed by atoms with Gasteiger partial charge in [-0.25, -0.2) is 4.79 Å². The molecule has 1 fully saturated rings. The highest BCUT2D eigenvalue weighted by molar-refractivity contribution is 7.17. The SMILES string of the molecule is CCOC(=O)[C@@H]1CCc2sc(NC(=O)C3CC3)c(C(=O)OC(C)(C)C)c2C1. The van der Waals surface area contributed by atoms with Crippen LogP contribution in [0, 0.1) is 11.8 Å². The summed E-state index contributed by atoms with van der Waals surface area (Å²) in [6.45, 7) is 7.57. The summed E-state index contributed by atoms with van der Waals surface area (Å²) >= 11 is 1.43. The summed E-state index contributed by atoms with van der Waals surface area (Å²) in [5, 5.41) is 3.48. The van der Waals surface area contributed by atoms with Gasteiger partial charge in [-0.05, 0) is 65.4 Å². The molecule has 0 radical (unpaired) electrons. The standard InChI is InChI=1S/C20H27NO5S/c1-5-25-18(23)12-8-9-14-13(10-12)15(19(24)26-20(2,3)4)17(27-14)21-16(22)11-6-7-11/h11-12H,5-10H2,1-4H3,(H,21,22)/t12-/m1/s1. The molecule has 7 heteroatoms. The number of rotatable bonds is 5. The Bertz CT molecular complexity index is 757. The van der Waals surface area contributed by atoms with Gasteiger partial charge in [0.1, 0.15) is 10.6 Å². The highest BCUT2D eigenvalue weighted by Gasteiger charge is 2.36. The summed E-state index contributed by atoms with van der Waals surface area (Å²) in [7, 11) is 0. The number of fused-ring (bicyclic) bond motifs is 1. The lowest BCUT2D eigenvalue weighted by Crippen LogP contribution is -2.28. The van der Waals surface area contributed by atoms with Gasteiger partial charge in [-0.15, -0.1) is 11.3 Å². The van der Waals surface area contributed by atoms with Crippen molar-refractivity contribution in [2.24, 2.45) is 11.8 Å². The number of carbonyl (C=O) groups excluding carboxylic acids is 3. The molecule has 1 amide bonds. The van der Waals surface area contributed by atoms with E-state index in [4.69, 9.17) is 9.47 Å².